The largest absolute Gasteiger partial charge is 0.464 e. The molecule has 2 aliphatic rings. The minimum Gasteiger partial charge on any atom is -0.464 e. The van der Waals surface area contributed by atoms with E-state index in [2.05, 4.69) is 36.0 Å². The van der Waals surface area contributed by atoms with E-state index in [0.717, 1.165) is 29.7 Å². The highest BCUT2D eigenvalue weighted by Crippen LogP contribution is 2.27. The number of aromatic amines is 1. The number of rotatable bonds is 8. The van der Waals surface area contributed by atoms with Crippen LogP contribution in [-0.2, 0) is 20.9 Å². The molecule has 12 nitrogen and oxygen atoms in total. The zero-order valence-corrected chi connectivity index (χ0v) is 20.4. The monoisotopic (exact) mass is 512 g/mol. The Morgan fingerprint density at radius 3 is 2.79 bits per heavy atom. The summed E-state index contributed by atoms with van der Waals surface area (Å²) < 4.78 is 6.40. The maximum Gasteiger partial charge on any atom is 0.354 e. The predicted molar refractivity (Wildman–Crippen MR) is 138 cm³/mol. The van der Waals surface area contributed by atoms with Crippen LogP contribution >= 0.6 is 0 Å². The Hall–Kier alpha value is -5.00. The molecule has 0 atom stereocenters. The first-order valence-corrected chi connectivity index (χ1v) is 12.1. The van der Waals surface area contributed by atoms with Crippen LogP contribution in [0.25, 0.3) is 23.0 Å². The van der Waals surface area contributed by atoms with Gasteiger partial charge in [0.25, 0.3) is 5.91 Å². The summed E-state index contributed by atoms with van der Waals surface area (Å²) in [6, 6.07) is 11.6. The van der Waals surface area contributed by atoms with E-state index in [1.807, 2.05) is 30.3 Å². The zero-order valence-electron chi connectivity index (χ0n) is 20.4. The smallest absolute Gasteiger partial charge is 0.354 e. The van der Waals surface area contributed by atoms with Crippen LogP contribution in [0.15, 0.2) is 48.2 Å². The number of ether oxygens (including phenoxy) is 1. The third-order valence-electron chi connectivity index (χ3n) is 6.37. The number of amides is 2. The quantitative estimate of drug-likeness (QED) is 0.158. The SMILES string of the molecule is COC(=O)c1ccc(-c2ccccc2CNc2nc(NC3CC3)n3ncc(/C=C4\CC(=O)NC4=O)c3n2)[nH]1. The average Bonchev–Trinajstić information content (AvgIpc) is 3.29. The number of benzene rings is 1. The van der Waals surface area contributed by atoms with Crippen LogP contribution in [-0.4, -0.2) is 55.5 Å². The topological polar surface area (TPSA) is 155 Å². The van der Waals surface area contributed by atoms with Crippen LogP contribution in [0.4, 0.5) is 11.9 Å². The van der Waals surface area contributed by atoms with Crippen LogP contribution in [0.1, 0.15) is 40.9 Å². The number of H-pyrrole nitrogens is 1. The maximum absolute atomic E-state index is 12.1. The second-order valence-corrected chi connectivity index (χ2v) is 9.14. The second-order valence-electron chi connectivity index (χ2n) is 9.14. The molecule has 0 unspecified atom stereocenters. The molecular formula is C26H24N8O4. The summed E-state index contributed by atoms with van der Waals surface area (Å²) in [5.41, 5.74) is 4.50. The zero-order chi connectivity index (χ0) is 26.2. The summed E-state index contributed by atoms with van der Waals surface area (Å²) in [6.07, 6.45) is 5.36. The first kappa shape index (κ1) is 23.4. The Morgan fingerprint density at radius 2 is 2.03 bits per heavy atom. The molecule has 1 aliphatic heterocycles. The third-order valence-corrected chi connectivity index (χ3v) is 6.37. The van der Waals surface area contributed by atoms with Gasteiger partial charge in [0.1, 0.15) is 5.69 Å². The highest BCUT2D eigenvalue weighted by molar-refractivity contribution is 6.15. The van der Waals surface area contributed by atoms with Crippen molar-refractivity contribution in [2.24, 2.45) is 0 Å². The Morgan fingerprint density at radius 1 is 1.18 bits per heavy atom. The molecule has 1 saturated heterocycles. The number of nitrogens with one attached hydrogen (secondary N) is 4. The van der Waals surface area contributed by atoms with Crippen LogP contribution < -0.4 is 16.0 Å². The molecule has 4 N–H and O–H groups in total. The minimum absolute atomic E-state index is 0.0206. The normalized spacial score (nSPS) is 16.2. The summed E-state index contributed by atoms with van der Waals surface area (Å²) >= 11 is 0. The third kappa shape index (κ3) is 4.59. The van der Waals surface area contributed by atoms with E-state index in [9.17, 15) is 14.4 Å². The molecule has 192 valence electrons. The van der Waals surface area contributed by atoms with Crippen molar-refractivity contribution in [1.82, 2.24) is 29.9 Å². The number of carbonyl (C=O) groups excluding carboxylic acids is 3. The molecule has 3 aromatic heterocycles. The fourth-order valence-electron chi connectivity index (χ4n) is 4.28. The van der Waals surface area contributed by atoms with Crippen molar-refractivity contribution in [1.29, 1.82) is 0 Å². The van der Waals surface area contributed by atoms with E-state index >= 15 is 0 Å². The average molecular weight is 513 g/mol. The lowest BCUT2D eigenvalue weighted by Crippen LogP contribution is -2.19. The standard InChI is InChI=1S/C26H24N8O4/c1-38-24(37)20-9-8-19(30-20)18-5-3-2-4-14(18)12-27-25-32-22-16(10-15-11-21(35)31-23(15)36)13-28-34(22)26(33-25)29-17-6-7-17/h2-5,8-10,13,17,30H,6-7,11-12H2,1H3,(H,31,35,36)(H2,27,29,32,33)/b15-10+. The number of imide groups is 1. The van der Waals surface area contributed by atoms with Gasteiger partial charge < -0.3 is 20.4 Å². The molecule has 2 fully saturated rings. The Labute approximate surface area is 216 Å². The molecule has 1 aliphatic carbocycles. The van der Waals surface area contributed by atoms with E-state index in [-0.39, 0.29) is 12.3 Å². The van der Waals surface area contributed by atoms with Crippen molar-refractivity contribution in [2.45, 2.75) is 31.8 Å². The van der Waals surface area contributed by atoms with Crippen LogP contribution in [0.3, 0.4) is 0 Å². The molecule has 6 rings (SSSR count). The number of fused-ring (bicyclic) bond motifs is 1. The molecule has 1 saturated carbocycles. The number of methoxy groups -OCH3 is 1. The van der Waals surface area contributed by atoms with Gasteiger partial charge in [-0.1, -0.05) is 24.3 Å². The van der Waals surface area contributed by atoms with Gasteiger partial charge in [-0.15, -0.1) is 0 Å². The fourth-order valence-corrected chi connectivity index (χ4v) is 4.28. The Bertz CT molecular complexity index is 1610. The summed E-state index contributed by atoms with van der Waals surface area (Å²) in [4.78, 5) is 48.0. The van der Waals surface area contributed by atoms with Crippen LogP contribution in [0.2, 0.25) is 0 Å². The molecule has 38 heavy (non-hydrogen) atoms. The van der Waals surface area contributed by atoms with Crippen molar-refractivity contribution in [3.8, 4) is 11.3 Å². The Kier molecular flexibility index (Phi) is 5.83. The van der Waals surface area contributed by atoms with Crippen molar-refractivity contribution in [3.63, 3.8) is 0 Å². The van der Waals surface area contributed by atoms with Gasteiger partial charge in [0.15, 0.2) is 5.65 Å². The van der Waals surface area contributed by atoms with Crippen LogP contribution in [0, 0.1) is 0 Å². The van der Waals surface area contributed by atoms with Gasteiger partial charge in [-0.3, -0.25) is 14.9 Å². The van der Waals surface area contributed by atoms with Crippen molar-refractivity contribution < 1.29 is 19.1 Å². The highest BCUT2D eigenvalue weighted by Gasteiger charge is 2.26. The van der Waals surface area contributed by atoms with E-state index in [1.54, 1.807) is 22.9 Å². The lowest BCUT2D eigenvalue weighted by Gasteiger charge is -2.12. The summed E-state index contributed by atoms with van der Waals surface area (Å²) in [5, 5.41) is 13.4. The maximum atomic E-state index is 12.1. The van der Waals surface area contributed by atoms with Crippen molar-refractivity contribution in [2.75, 3.05) is 17.7 Å². The lowest BCUT2D eigenvalue weighted by molar-refractivity contribution is -0.124. The van der Waals surface area contributed by atoms with E-state index < -0.39 is 11.9 Å². The highest BCUT2D eigenvalue weighted by atomic mass is 16.5. The first-order valence-electron chi connectivity index (χ1n) is 12.1. The number of anilines is 2. The van der Waals surface area contributed by atoms with Gasteiger partial charge in [0, 0.05) is 35.0 Å². The molecule has 0 bridgehead atoms. The van der Waals surface area contributed by atoms with Crippen molar-refractivity contribution in [3.05, 3.63) is 65.0 Å². The van der Waals surface area contributed by atoms with Crippen LogP contribution in [0.5, 0.6) is 0 Å². The van der Waals surface area contributed by atoms with Gasteiger partial charge in [0.05, 0.1) is 19.7 Å². The summed E-state index contributed by atoms with van der Waals surface area (Å²) in [7, 11) is 1.34. The predicted octanol–water partition coefficient (Wildman–Crippen LogP) is 2.52. The molecule has 0 radical (unpaired) electrons. The number of aromatic nitrogens is 5. The lowest BCUT2D eigenvalue weighted by atomic mass is 10.0. The van der Waals surface area contributed by atoms with Gasteiger partial charge in [-0.2, -0.15) is 19.6 Å². The number of hydrogen-bond donors (Lipinski definition) is 4. The van der Waals surface area contributed by atoms with Gasteiger partial charge in [-0.25, -0.2) is 4.79 Å². The van der Waals surface area contributed by atoms with Gasteiger partial charge in [-0.05, 0) is 36.6 Å². The number of nitrogens with zero attached hydrogens (tertiary/aromatic N) is 4. The van der Waals surface area contributed by atoms with Crippen molar-refractivity contribution >= 4 is 41.4 Å². The molecule has 12 heteroatoms. The van der Waals surface area contributed by atoms with Gasteiger partial charge in [0.2, 0.25) is 17.8 Å². The van der Waals surface area contributed by atoms with E-state index in [1.165, 1.54) is 7.11 Å². The minimum atomic E-state index is -0.435. The molecule has 0 spiro atoms. The first-order chi connectivity index (χ1) is 18.5. The summed E-state index contributed by atoms with van der Waals surface area (Å²) in [6.45, 7) is 0.406. The number of hydrogen-bond acceptors (Lipinski definition) is 9. The molecule has 4 aromatic rings. The van der Waals surface area contributed by atoms with E-state index in [0.29, 0.717) is 47.0 Å². The van der Waals surface area contributed by atoms with Gasteiger partial charge >= 0.3 is 5.97 Å². The molecule has 1 aromatic carbocycles. The van der Waals surface area contributed by atoms with E-state index in [4.69, 9.17) is 4.74 Å². The molecular weight excluding hydrogens is 488 g/mol. The second kappa shape index (κ2) is 9.47. The fraction of sp³-hybridized carbons (Fsp3) is 0.231. The molecule has 4 heterocycles. The number of carbonyl (C=O) groups is 3. The Balaban J connectivity index is 1.31. The summed E-state index contributed by atoms with van der Waals surface area (Å²) in [5.74, 6) is -0.254. The molecule has 2 amide bonds. The number of esters is 1.